The minimum atomic E-state index is 0.275. The van der Waals surface area contributed by atoms with Crippen molar-refractivity contribution in [1.82, 2.24) is 4.90 Å². The standard InChI is InChI=1S/C11H14ClN3/c1-15-6-8-2-3-10(4-9(8)7-15)14-11(13)5-12/h2-4H,5-7H2,1H3,(H2,13,14). The molecule has 0 aliphatic carbocycles. The summed E-state index contributed by atoms with van der Waals surface area (Å²) in [6.45, 7) is 2.00. The maximum Gasteiger partial charge on any atom is 0.115 e. The second kappa shape index (κ2) is 4.21. The summed E-state index contributed by atoms with van der Waals surface area (Å²) in [5.41, 5.74) is 9.19. The first kappa shape index (κ1) is 10.5. The highest BCUT2D eigenvalue weighted by Gasteiger charge is 2.15. The molecule has 0 atom stereocenters. The Morgan fingerprint density at radius 3 is 2.93 bits per heavy atom. The molecule has 0 unspecified atom stereocenters. The summed E-state index contributed by atoms with van der Waals surface area (Å²) in [4.78, 5) is 6.49. The van der Waals surface area contributed by atoms with E-state index in [-0.39, 0.29) is 5.88 Å². The molecule has 1 aromatic carbocycles. The van der Waals surface area contributed by atoms with E-state index in [0.717, 1.165) is 18.8 Å². The minimum Gasteiger partial charge on any atom is -0.386 e. The third-order valence-corrected chi connectivity index (χ3v) is 2.75. The molecule has 0 amide bonds. The molecule has 0 bridgehead atoms. The van der Waals surface area contributed by atoms with E-state index < -0.39 is 0 Å². The van der Waals surface area contributed by atoms with Crippen LogP contribution in [0.25, 0.3) is 0 Å². The molecule has 15 heavy (non-hydrogen) atoms. The molecule has 0 radical (unpaired) electrons. The van der Waals surface area contributed by atoms with E-state index in [1.807, 2.05) is 6.07 Å². The number of halogens is 1. The van der Waals surface area contributed by atoms with E-state index in [1.165, 1.54) is 11.1 Å². The Morgan fingerprint density at radius 1 is 1.47 bits per heavy atom. The van der Waals surface area contributed by atoms with E-state index in [9.17, 15) is 0 Å². The first-order chi connectivity index (χ1) is 7.19. The first-order valence-electron chi connectivity index (χ1n) is 4.88. The Hall–Kier alpha value is -1.06. The fourth-order valence-electron chi connectivity index (χ4n) is 1.82. The molecule has 3 nitrogen and oxygen atoms in total. The van der Waals surface area contributed by atoms with Gasteiger partial charge in [-0.15, -0.1) is 11.6 Å². The van der Waals surface area contributed by atoms with Crippen molar-refractivity contribution < 1.29 is 0 Å². The van der Waals surface area contributed by atoms with Crippen molar-refractivity contribution in [1.29, 1.82) is 0 Å². The van der Waals surface area contributed by atoms with Gasteiger partial charge in [-0.3, -0.25) is 4.90 Å². The highest BCUT2D eigenvalue weighted by atomic mass is 35.5. The lowest BCUT2D eigenvalue weighted by atomic mass is 10.1. The number of amidine groups is 1. The summed E-state index contributed by atoms with van der Waals surface area (Å²) >= 11 is 5.58. The van der Waals surface area contributed by atoms with Crippen molar-refractivity contribution in [3.63, 3.8) is 0 Å². The average molecular weight is 224 g/mol. The van der Waals surface area contributed by atoms with Gasteiger partial charge in [0.25, 0.3) is 0 Å². The Kier molecular flexibility index (Phi) is 2.93. The van der Waals surface area contributed by atoms with Crippen molar-refractivity contribution in [2.75, 3.05) is 12.9 Å². The van der Waals surface area contributed by atoms with Crippen molar-refractivity contribution in [3.05, 3.63) is 29.3 Å². The van der Waals surface area contributed by atoms with E-state index in [0.29, 0.717) is 5.84 Å². The summed E-state index contributed by atoms with van der Waals surface area (Å²) in [6, 6.07) is 6.18. The molecule has 4 heteroatoms. The zero-order valence-corrected chi connectivity index (χ0v) is 9.46. The predicted molar refractivity (Wildman–Crippen MR) is 63.6 cm³/mol. The van der Waals surface area contributed by atoms with Gasteiger partial charge < -0.3 is 5.73 Å². The van der Waals surface area contributed by atoms with Gasteiger partial charge in [0, 0.05) is 13.1 Å². The van der Waals surface area contributed by atoms with Gasteiger partial charge in [0.1, 0.15) is 5.84 Å². The lowest BCUT2D eigenvalue weighted by molar-refractivity contribution is 0.353. The number of hydrogen-bond donors (Lipinski definition) is 1. The van der Waals surface area contributed by atoms with Crippen LogP contribution in [0.1, 0.15) is 11.1 Å². The van der Waals surface area contributed by atoms with Crippen LogP contribution in [0.5, 0.6) is 0 Å². The number of nitrogens with zero attached hydrogens (tertiary/aromatic N) is 2. The Bertz CT molecular complexity index is 401. The molecular formula is C11H14ClN3. The molecule has 0 spiro atoms. The Balaban J connectivity index is 2.27. The summed E-state index contributed by atoms with van der Waals surface area (Å²) in [5, 5.41) is 0. The van der Waals surface area contributed by atoms with Crippen LogP contribution in [0.15, 0.2) is 23.2 Å². The van der Waals surface area contributed by atoms with Crippen molar-refractivity contribution in [3.8, 4) is 0 Å². The number of rotatable bonds is 2. The third kappa shape index (κ3) is 2.30. The van der Waals surface area contributed by atoms with Crippen LogP contribution >= 0.6 is 11.6 Å². The molecular weight excluding hydrogens is 210 g/mol. The lowest BCUT2D eigenvalue weighted by Crippen LogP contribution is -2.12. The lowest BCUT2D eigenvalue weighted by Gasteiger charge is -2.02. The van der Waals surface area contributed by atoms with Crippen LogP contribution in [0, 0.1) is 0 Å². The van der Waals surface area contributed by atoms with Crippen molar-refractivity contribution in [2.45, 2.75) is 13.1 Å². The molecule has 1 heterocycles. The van der Waals surface area contributed by atoms with Crippen LogP contribution in [0.4, 0.5) is 5.69 Å². The van der Waals surface area contributed by atoms with Gasteiger partial charge in [0.15, 0.2) is 0 Å². The monoisotopic (exact) mass is 223 g/mol. The van der Waals surface area contributed by atoms with Crippen LogP contribution < -0.4 is 5.73 Å². The fourth-order valence-corrected chi connectivity index (χ4v) is 1.88. The van der Waals surface area contributed by atoms with Gasteiger partial charge in [-0.1, -0.05) is 6.07 Å². The number of aliphatic imine (C=N–C) groups is 1. The highest BCUT2D eigenvalue weighted by Crippen LogP contribution is 2.25. The maximum absolute atomic E-state index is 5.59. The topological polar surface area (TPSA) is 41.6 Å². The second-order valence-electron chi connectivity index (χ2n) is 3.86. The van der Waals surface area contributed by atoms with Gasteiger partial charge in [-0.05, 0) is 30.3 Å². The van der Waals surface area contributed by atoms with Crippen LogP contribution in [0.3, 0.4) is 0 Å². The molecule has 0 saturated heterocycles. The molecule has 1 aliphatic heterocycles. The van der Waals surface area contributed by atoms with E-state index >= 15 is 0 Å². The molecule has 0 fully saturated rings. The number of hydrogen-bond acceptors (Lipinski definition) is 2. The summed E-state index contributed by atoms with van der Waals surface area (Å²) in [6.07, 6.45) is 0. The number of nitrogens with two attached hydrogens (primary N) is 1. The summed E-state index contributed by atoms with van der Waals surface area (Å²) < 4.78 is 0. The maximum atomic E-state index is 5.59. The Morgan fingerprint density at radius 2 is 2.20 bits per heavy atom. The second-order valence-corrected chi connectivity index (χ2v) is 4.13. The summed E-state index contributed by atoms with van der Waals surface area (Å²) in [5.74, 6) is 0.736. The van der Waals surface area contributed by atoms with Crippen molar-refractivity contribution in [2.24, 2.45) is 10.7 Å². The molecule has 0 saturated carbocycles. The van der Waals surface area contributed by atoms with E-state index in [1.54, 1.807) is 0 Å². The predicted octanol–water partition coefficient (Wildman–Crippen LogP) is 1.86. The molecule has 2 N–H and O–H groups in total. The molecule has 1 aliphatic rings. The fraction of sp³-hybridized carbons (Fsp3) is 0.364. The number of alkyl halides is 1. The van der Waals surface area contributed by atoms with E-state index in [4.69, 9.17) is 17.3 Å². The van der Waals surface area contributed by atoms with Crippen LogP contribution in [0.2, 0.25) is 0 Å². The SMILES string of the molecule is CN1Cc2ccc(N=C(N)CCl)cc2C1. The third-order valence-electron chi connectivity index (χ3n) is 2.48. The van der Waals surface area contributed by atoms with Gasteiger partial charge in [0.05, 0.1) is 11.6 Å². The van der Waals surface area contributed by atoms with Crippen LogP contribution in [-0.4, -0.2) is 23.7 Å². The van der Waals surface area contributed by atoms with Crippen molar-refractivity contribution >= 4 is 23.1 Å². The molecule has 80 valence electrons. The zero-order valence-electron chi connectivity index (χ0n) is 8.70. The zero-order chi connectivity index (χ0) is 10.8. The first-order valence-corrected chi connectivity index (χ1v) is 5.42. The Labute approximate surface area is 94.5 Å². The van der Waals surface area contributed by atoms with Gasteiger partial charge in [-0.2, -0.15) is 0 Å². The van der Waals surface area contributed by atoms with Crippen LogP contribution in [-0.2, 0) is 13.1 Å². The van der Waals surface area contributed by atoms with Gasteiger partial charge >= 0.3 is 0 Å². The quantitative estimate of drug-likeness (QED) is 0.473. The molecule has 1 aromatic rings. The van der Waals surface area contributed by atoms with Gasteiger partial charge in [0.2, 0.25) is 0 Å². The number of benzene rings is 1. The highest BCUT2D eigenvalue weighted by molar-refractivity contribution is 6.28. The van der Waals surface area contributed by atoms with Gasteiger partial charge in [-0.25, -0.2) is 4.99 Å². The van der Waals surface area contributed by atoms with E-state index in [2.05, 4.69) is 29.1 Å². The smallest absolute Gasteiger partial charge is 0.115 e. The number of fused-ring (bicyclic) bond motifs is 1. The normalized spacial score (nSPS) is 16.8. The summed E-state index contributed by atoms with van der Waals surface area (Å²) in [7, 11) is 2.11. The molecule has 0 aromatic heterocycles. The minimum absolute atomic E-state index is 0.275. The largest absolute Gasteiger partial charge is 0.386 e. The molecule has 2 rings (SSSR count). The average Bonchev–Trinajstić information content (AvgIpc) is 2.57.